The lowest BCUT2D eigenvalue weighted by Crippen LogP contribution is -2.41. The molecular weight excluding hydrogens is 491 g/mol. The van der Waals surface area contributed by atoms with Gasteiger partial charge in [0.05, 0.1) is 23.2 Å². The van der Waals surface area contributed by atoms with E-state index in [1.165, 1.54) is 38.4 Å². The standard InChI is InChI=1S/C22H19F5N6O3/c1-21(2,35)20-30-15(18(23)24)17(36-20)19(34)32-7-6-11-14(29-9-28-11)16(32)12-8-10-4-3-5-13(22(25,26)27)33(10)31-12/h3-5,8-9,16,18,35H,6-7H2,1-2H3,(H,28,29)/t16-/m0/s1. The summed E-state index contributed by atoms with van der Waals surface area (Å²) < 4.78 is 74.2. The van der Waals surface area contributed by atoms with E-state index in [2.05, 4.69) is 20.1 Å². The van der Waals surface area contributed by atoms with E-state index in [-0.39, 0.29) is 24.2 Å². The van der Waals surface area contributed by atoms with Crippen molar-refractivity contribution in [1.82, 2.24) is 29.5 Å². The van der Waals surface area contributed by atoms with E-state index in [9.17, 15) is 31.9 Å². The zero-order chi connectivity index (χ0) is 26.0. The van der Waals surface area contributed by atoms with Gasteiger partial charge in [0.15, 0.2) is 5.69 Å². The maximum atomic E-state index is 13.7. The molecule has 2 N–H and O–H groups in total. The number of amides is 1. The summed E-state index contributed by atoms with van der Waals surface area (Å²) in [6.07, 6.45) is -6.23. The summed E-state index contributed by atoms with van der Waals surface area (Å²) >= 11 is 0. The third-order valence-corrected chi connectivity index (χ3v) is 5.84. The van der Waals surface area contributed by atoms with Crippen molar-refractivity contribution in [2.45, 2.75) is 44.5 Å². The molecule has 1 aliphatic heterocycles. The van der Waals surface area contributed by atoms with Gasteiger partial charge in [-0.1, -0.05) is 6.07 Å². The summed E-state index contributed by atoms with van der Waals surface area (Å²) in [6.45, 7) is 2.52. The van der Waals surface area contributed by atoms with Crippen molar-refractivity contribution in [3.05, 3.63) is 70.7 Å². The topological polar surface area (TPSA) is 113 Å². The lowest BCUT2D eigenvalue weighted by atomic mass is 9.99. The molecule has 0 aromatic carbocycles. The van der Waals surface area contributed by atoms with Gasteiger partial charge in [-0.3, -0.25) is 4.79 Å². The van der Waals surface area contributed by atoms with Gasteiger partial charge in [0, 0.05) is 18.7 Å². The molecule has 5 heterocycles. The van der Waals surface area contributed by atoms with Crippen molar-refractivity contribution in [3.63, 3.8) is 0 Å². The second kappa shape index (κ2) is 8.11. The van der Waals surface area contributed by atoms with Crippen molar-refractivity contribution < 1.29 is 36.3 Å². The molecule has 0 aliphatic carbocycles. The zero-order valence-electron chi connectivity index (χ0n) is 18.8. The van der Waals surface area contributed by atoms with E-state index < -0.39 is 53.2 Å². The van der Waals surface area contributed by atoms with E-state index in [1.807, 2.05) is 0 Å². The Morgan fingerprint density at radius 2 is 2.03 bits per heavy atom. The van der Waals surface area contributed by atoms with E-state index in [1.54, 1.807) is 0 Å². The third kappa shape index (κ3) is 3.90. The number of carbonyl (C=O) groups is 1. The largest absolute Gasteiger partial charge is 0.433 e. The van der Waals surface area contributed by atoms with Crippen LogP contribution in [0.15, 0.2) is 35.0 Å². The zero-order valence-corrected chi connectivity index (χ0v) is 18.8. The molecule has 0 saturated carbocycles. The van der Waals surface area contributed by atoms with Gasteiger partial charge in [-0.15, -0.1) is 0 Å². The number of nitrogens with zero attached hydrogens (tertiary/aromatic N) is 5. The number of aliphatic hydroxyl groups is 1. The Balaban J connectivity index is 1.64. The molecular formula is C22H19F5N6O3. The molecule has 5 rings (SSSR count). The van der Waals surface area contributed by atoms with E-state index in [0.29, 0.717) is 15.9 Å². The smallest absolute Gasteiger partial charge is 0.432 e. The number of rotatable bonds is 4. The van der Waals surface area contributed by atoms with E-state index in [4.69, 9.17) is 4.42 Å². The molecule has 0 fully saturated rings. The first-order valence-electron chi connectivity index (χ1n) is 10.8. The number of H-pyrrole nitrogens is 1. The van der Waals surface area contributed by atoms with Crippen LogP contribution in [0.2, 0.25) is 0 Å². The predicted octanol–water partition coefficient (Wildman–Crippen LogP) is 4.02. The van der Waals surface area contributed by atoms with Crippen LogP contribution in [0, 0.1) is 0 Å². The van der Waals surface area contributed by atoms with Gasteiger partial charge >= 0.3 is 6.18 Å². The van der Waals surface area contributed by atoms with Gasteiger partial charge in [0.2, 0.25) is 11.7 Å². The summed E-state index contributed by atoms with van der Waals surface area (Å²) in [5.74, 6) is -2.23. The number of carbonyl (C=O) groups excluding carboxylic acids is 1. The maximum Gasteiger partial charge on any atom is 0.433 e. The number of aromatic nitrogens is 5. The number of nitrogens with one attached hydrogen (secondary N) is 1. The van der Waals surface area contributed by atoms with Crippen molar-refractivity contribution in [2.75, 3.05) is 6.54 Å². The molecule has 1 aliphatic rings. The van der Waals surface area contributed by atoms with Gasteiger partial charge in [0.25, 0.3) is 12.3 Å². The molecule has 9 nitrogen and oxygen atoms in total. The monoisotopic (exact) mass is 510 g/mol. The first-order chi connectivity index (χ1) is 16.9. The summed E-state index contributed by atoms with van der Waals surface area (Å²) in [4.78, 5) is 25.5. The first kappa shape index (κ1) is 23.9. The lowest BCUT2D eigenvalue weighted by Gasteiger charge is -2.33. The minimum absolute atomic E-state index is 0.0000769. The van der Waals surface area contributed by atoms with Crippen LogP contribution in [0.1, 0.15) is 71.2 Å². The Bertz CT molecular complexity index is 1450. The highest BCUT2D eigenvalue weighted by Gasteiger charge is 2.41. The van der Waals surface area contributed by atoms with Crippen LogP contribution in [-0.4, -0.2) is 47.0 Å². The number of alkyl halides is 5. The van der Waals surface area contributed by atoms with Crippen LogP contribution in [0.25, 0.3) is 5.52 Å². The minimum Gasteiger partial charge on any atom is -0.432 e. The average molecular weight is 510 g/mol. The fraction of sp³-hybridized carbons (Fsp3) is 0.364. The van der Waals surface area contributed by atoms with Crippen LogP contribution in [0.5, 0.6) is 0 Å². The summed E-state index contributed by atoms with van der Waals surface area (Å²) in [5.41, 5.74) is -2.60. The Morgan fingerprint density at radius 1 is 1.28 bits per heavy atom. The molecule has 4 aromatic rings. The molecule has 4 aromatic heterocycles. The van der Waals surface area contributed by atoms with Gasteiger partial charge in [0.1, 0.15) is 17.3 Å². The van der Waals surface area contributed by atoms with Crippen LogP contribution in [0.3, 0.4) is 0 Å². The molecule has 0 unspecified atom stereocenters. The number of pyridine rings is 1. The molecule has 14 heteroatoms. The molecule has 0 saturated heterocycles. The van der Waals surface area contributed by atoms with Gasteiger partial charge in [-0.2, -0.15) is 18.3 Å². The Hall–Kier alpha value is -3.81. The predicted molar refractivity (Wildman–Crippen MR) is 112 cm³/mol. The Labute approximate surface area is 199 Å². The number of hydrogen-bond acceptors (Lipinski definition) is 6. The number of oxazole rings is 1. The number of halogens is 5. The molecule has 0 bridgehead atoms. The molecule has 0 spiro atoms. The molecule has 190 valence electrons. The van der Waals surface area contributed by atoms with Crippen LogP contribution < -0.4 is 0 Å². The number of fused-ring (bicyclic) bond motifs is 2. The highest BCUT2D eigenvalue weighted by atomic mass is 19.4. The summed E-state index contributed by atoms with van der Waals surface area (Å²) in [6, 6.07) is 3.80. The van der Waals surface area contributed by atoms with Crippen LogP contribution in [0.4, 0.5) is 22.0 Å². The van der Waals surface area contributed by atoms with Crippen molar-refractivity contribution in [1.29, 1.82) is 0 Å². The normalized spacial score (nSPS) is 16.7. The van der Waals surface area contributed by atoms with Crippen LogP contribution in [-0.2, 0) is 18.2 Å². The number of imidazole rings is 1. The third-order valence-electron chi connectivity index (χ3n) is 5.84. The van der Waals surface area contributed by atoms with E-state index in [0.717, 1.165) is 11.0 Å². The van der Waals surface area contributed by atoms with Gasteiger partial charge in [-0.05, 0) is 32.0 Å². The lowest BCUT2D eigenvalue weighted by molar-refractivity contribution is -0.142. The van der Waals surface area contributed by atoms with Gasteiger partial charge < -0.3 is 19.4 Å². The Kier molecular flexibility index (Phi) is 5.39. The first-order valence-corrected chi connectivity index (χ1v) is 10.8. The van der Waals surface area contributed by atoms with Crippen molar-refractivity contribution in [3.8, 4) is 0 Å². The molecule has 0 radical (unpaired) electrons. The fourth-order valence-electron chi connectivity index (χ4n) is 4.20. The number of aromatic amines is 1. The SMILES string of the molecule is CC(C)(O)c1nc(C(F)F)c(C(=O)N2CCc3[nH]cnc3[C@@H]2c2cc3cccc(C(F)(F)F)n3n2)o1. The van der Waals surface area contributed by atoms with E-state index >= 15 is 0 Å². The highest BCUT2D eigenvalue weighted by Crippen LogP contribution is 2.37. The molecule has 1 atom stereocenters. The van der Waals surface area contributed by atoms with Crippen molar-refractivity contribution >= 4 is 11.4 Å². The summed E-state index contributed by atoms with van der Waals surface area (Å²) in [7, 11) is 0. The second-order valence-corrected chi connectivity index (χ2v) is 8.83. The second-order valence-electron chi connectivity index (χ2n) is 8.83. The molecule has 36 heavy (non-hydrogen) atoms. The number of hydrogen-bond donors (Lipinski definition) is 2. The minimum atomic E-state index is -4.69. The van der Waals surface area contributed by atoms with Crippen molar-refractivity contribution in [2.24, 2.45) is 0 Å². The molecule has 1 amide bonds. The highest BCUT2D eigenvalue weighted by molar-refractivity contribution is 5.93. The average Bonchev–Trinajstić information content (AvgIpc) is 3.53. The Morgan fingerprint density at radius 3 is 2.69 bits per heavy atom. The van der Waals surface area contributed by atoms with Gasteiger partial charge in [-0.25, -0.2) is 23.3 Å². The quantitative estimate of drug-likeness (QED) is 0.401. The fourth-order valence-corrected chi connectivity index (χ4v) is 4.20. The van der Waals surface area contributed by atoms with Crippen LogP contribution >= 0.6 is 0 Å². The summed E-state index contributed by atoms with van der Waals surface area (Å²) in [5, 5.41) is 14.3. The maximum absolute atomic E-state index is 13.7.